The maximum absolute atomic E-state index is 11.3. The van der Waals surface area contributed by atoms with Crippen molar-refractivity contribution in [2.75, 3.05) is 13.2 Å². The number of hydrogen-bond acceptors (Lipinski definition) is 2. The summed E-state index contributed by atoms with van der Waals surface area (Å²) in [4.78, 5) is 11.3. The standard InChI is InChI=1S/C12H13NO2/c14-12(13-8-11-9-15-11)7-6-10-4-2-1-3-5-10/h1-7,11H,8-9H2,(H,13,14). The Labute approximate surface area is 88.8 Å². The third-order valence-electron chi connectivity index (χ3n) is 2.13. The minimum atomic E-state index is -0.0747. The minimum absolute atomic E-state index is 0.0747. The Hall–Kier alpha value is -1.61. The number of carbonyl (C=O) groups is 1. The molecule has 1 aliphatic heterocycles. The van der Waals surface area contributed by atoms with Crippen molar-refractivity contribution in [3.63, 3.8) is 0 Å². The third kappa shape index (κ3) is 3.56. The van der Waals surface area contributed by atoms with Crippen molar-refractivity contribution in [1.29, 1.82) is 0 Å². The second-order valence-electron chi connectivity index (χ2n) is 3.44. The molecule has 2 rings (SSSR count). The van der Waals surface area contributed by atoms with Gasteiger partial charge < -0.3 is 10.1 Å². The molecule has 1 heterocycles. The second kappa shape index (κ2) is 4.75. The van der Waals surface area contributed by atoms with Crippen LogP contribution >= 0.6 is 0 Å². The van der Waals surface area contributed by atoms with Crippen molar-refractivity contribution in [2.24, 2.45) is 0 Å². The summed E-state index contributed by atoms with van der Waals surface area (Å²) in [6.07, 6.45) is 3.57. The highest BCUT2D eigenvalue weighted by atomic mass is 16.6. The maximum Gasteiger partial charge on any atom is 0.244 e. The molecule has 0 aromatic heterocycles. The fourth-order valence-electron chi connectivity index (χ4n) is 1.20. The molecule has 78 valence electrons. The molecular weight excluding hydrogens is 190 g/mol. The van der Waals surface area contributed by atoms with Gasteiger partial charge >= 0.3 is 0 Å². The quantitative estimate of drug-likeness (QED) is 0.590. The van der Waals surface area contributed by atoms with Crippen LogP contribution in [0.3, 0.4) is 0 Å². The Morgan fingerprint density at radius 2 is 2.20 bits per heavy atom. The molecule has 0 spiro atoms. The molecule has 15 heavy (non-hydrogen) atoms. The van der Waals surface area contributed by atoms with Crippen LogP contribution < -0.4 is 5.32 Å². The zero-order chi connectivity index (χ0) is 10.5. The number of benzene rings is 1. The van der Waals surface area contributed by atoms with Gasteiger partial charge in [0.15, 0.2) is 0 Å². The van der Waals surface area contributed by atoms with Crippen molar-refractivity contribution in [2.45, 2.75) is 6.10 Å². The summed E-state index contributed by atoms with van der Waals surface area (Å²) in [5, 5.41) is 2.76. The van der Waals surface area contributed by atoms with Gasteiger partial charge in [0.05, 0.1) is 12.7 Å². The molecule has 1 aliphatic rings. The number of epoxide rings is 1. The van der Waals surface area contributed by atoms with Crippen LogP contribution in [0.1, 0.15) is 5.56 Å². The van der Waals surface area contributed by atoms with Crippen LogP contribution in [0.4, 0.5) is 0 Å². The highest BCUT2D eigenvalue weighted by Crippen LogP contribution is 2.06. The topological polar surface area (TPSA) is 41.6 Å². The van der Waals surface area contributed by atoms with Crippen molar-refractivity contribution < 1.29 is 9.53 Å². The first-order valence-electron chi connectivity index (χ1n) is 4.97. The highest BCUT2D eigenvalue weighted by molar-refractivity contribution is 5.91. The molecule has 0 bridgehead atoms. The van der Waals surface area contributed by atoms with Crippen molar-refractivity contribution in [3.8, 4) is 0 Å². The largest absolute Gasteiger partial charge is 0.371 e. The molecule has 1 unspecified atom stereocenters. The van der Waals surface area contributed by atoms with E-state index in [4.69, 9.17) is 4.74 Å². The van der Waals surface area contributed by atoms with E-state index in [2.05, 4.69) is 5.32 Å². The van der Waals surface area contributed by atoms with Crippen LogP contribution in [-0.2, 0) is 9.53 Å². The van der Waals surface area contributed by atoms with Crippen LogP contribution in [0.25, 0.3) is 6.08 Å². The van der Waals surface area contributed by atoms with E-state index in [0.29, 0.717) is 6.54 Å². The molecule has 3 heteroatoms. The van der Waals surface area contributed by atoms with Gasteiger partial charge in [-0.05, 0) is 11.6 Å². The van der Waals surface area contributed by atoms with E-state index in [1.165, 1.54) is 6.08 Å². The van der Waals surface area contributed by atoms with Gasteiger partial charge in [-0.1, -0.05) is 30.3 Å². The fraction of sp³-hybridized carbons (Fsp3) is 0.250. The molecule has 1 amide bonds. The van der Waals surface area contributed by atoms with E-state index in [1.807, 2.05) is 30.3 Å². The van der Waals surface area contributed by atoms with E-state index in [9.17, 15) is 4.79 Å². The van der Waals surface area contributed by atoms with Gasteiger partial charge in [-0.25, -0.2) is 0 Å². The van der Waals surface area contributed by atoms with E-state index in [-0.39, 0.29) is 12.0 Å². The van der Waals surface area contributed by atoms with Gasteiger partial charge in [-0.2, -0.15) is 0 Å². The van der Waals surface area contributed by atoms with Crippen molar-refractivity contribution in [1.82, 2.24) is 5.32 Å². The van der Waals surface area contributed by atoms with E-state index in [1.54, 1.807) is 6.08 Å². The molecule has 1 atom stereocenters. The molecule has 1 saturated heterocycles. The summed E-state index contributed by atoms with van der Waals surface area (Å²) in [6, 6.07) is 9.73. The summed E-state index contributed by atoms with van der Waals surface area (Å²) >= 11 is 0. The number of nitrogens with one attached hydrogen (secondary N) is 1. The van der Waals surface area contributed by atoms with Crippen molar-refractivity contribution >= 4 is 12.0 Å². The Kier molecular flexibility index (Phi) is 3.15. The monoisotopic (exact) mass is 203 g/mol. The first-order chi connectivity index (χ1) is 7.34. The highest BCUT2D eigenvalue weighted by Gasteiger charge is 2.22. The van der Waals surface area contributed by atoms with Gasteiger partial charge in [0, 0.05) is 12.6 Å². The molecule has 1 N–H and O–H groups in total. The van der Waals surface area contributed by atoms with Crippen LogP contribution in [0.15, 0.2) is 36.4 Å². The van der Waals surface area contributed by atoms with Crippen LogP contribution in [0.5, 0.6) is 0 Å². The lowest BCUT2D eigenvalue weighted by molar-refractivity contribution is -0.116. The molecule has 0 saturated carbocycles. The molecule has 1 aromatic rings. The SMILES string of the molecule is O=C(C=Cc1ccccc1)NCC1CO1. The minimum Gasteiger partial charge on any atom is -0.371 e. The van der Waals surface area contributed by atoms with Crippen molar-refractivity contribution in [3.05, 3.63) is 42.0 Å². The smallest absolute Gasteiger partial charge is 0.244 e. The molecule has 1 fully saturated rings. The summed E-state index contributed by atoms with van der Waals surface area (Å²) in [5.74, 6) is -0.0747. The maximum atomic E-state index is 11.3. The average molecular weight is 203 g/mol. The molecule has 1 aromatic carbocycles. The van der Waals surface area contributed by atoms with Crippen LogP contribution in [-0.4, -0.2) is 25.2 Å². The number of rotatable bonds is 4. The number of ether oxygens (including phenoxy) is 1. The zero-order valence-corrected chi connectivity index (χ0v) is 8.35. The average Bonchev–Trinajstić information content (AvgIpc) is 3.09. The summed E-state index contributed by atoms with van der Waals surface area (Å²) in [6.45, 7) is 1.38. The lowest BCUT2D eigenvalue weighted by Gasteiger charge is -1.97. The van der Waals surface area contributed by atoms with E-state index < -0.39 is 0 Å². The number of hydrogen-bond donors (Lipinski definition) is 1. The Balaban J connectivity index is 1.79. The van der Waals surface area contributed by atoms with E-state index in [0.717, 1.165) is 12.2 Å². The molecular formula is C12H13NO2. The van der Waals surface area contributed by atoms with Crippen LogP contribution in [0.2, 0.25) is 0 Å². The third-order valence-corrected chi connectivity index (χ3v) is 2.13. The Morgan fingerprint density at radius 1 is 1.47 bits per heavy atom. The second-order valence-corrected chi connectivity index (χ2v) is 3.44. The fourth-order valence-corrected chi connectivity index (χ4v) is 1.20. The number of carbonyl (C=O) groups excluding carboxylic acids is 1. The van der Waals surface area contributed by atoms with Gasteiger partial charge in [0.2, 0.25) is 5.91 Å². The predicted octanol–water partition coefficient (Wildman–Crippen LogP) is 1.21. The first kappa shape index (κ1) is 9.93. The van der Waals surface area contributed by atoms with Crippen LogP contribution in [0, 0.1) is 0 Å². The first-order valence-corrected chi connectivity index (χ1v) is 4.97. The number of amides is 1. The van der Waals surface area contributed by atoms with Gasteiger partial charge in [0.25, 0.3) is 0 Å². The normalized spacial score (nSPS) is 19.1. The molecule has 3 nitrogen and oxygen atoms in total. The van der Waals surface area contributed by atoms with Gasteiger partial charge in [-0.15, -0.1) is 0 Å². The summed E-state index contributed by atoms with van der Waals surface area (Å²) in [5.41, 5.74) is 1.02. The Bertz CT molecular complexity index is 355. The summed E-state index contributed by atoms with van der Waals surface area (Å²) < 4.78 is 4.98. The molecule has 0 aliphatic carbocycles. The lowest BCUT2D eigenvalue weighted by atomic mass is 10.2. The van der Waals surface area contributed by atoms with Gasteiger partial charge in [0.1, 0.15) is 0 Å². The lowest BCUT2D eigenvalue weighted by Crippen LogP contribution is -2.25. The predicted molar refractivity (Wildman–Crippen MR) is 58.2 cm³/mol. The molecule has 0 radical (unpaired) electrons. The Morgan fingerprint density at radius 3 is 2.87 bits per heavy atom. The summed E-state index contributed by atoms with van der Waals surface area (Å²) in [7, 11) is 0. The van der Waals surface area contributed by atoms with E-state index >= 15 is 0 Å². The van der Waals surface area contributed by atoms with Gasteiger partial charge in [-0.3, -0.25) is 4.79 Å². The zero-order valence-electron chi connectivity index (χ0n) is 8.35.